The number of esters is 1. The molecule has 0 amide bonds. The van der Waals surface area contributed by atoms with Crippen molar-refractivity contribution >= 4 is 33.7 Å². The lowest BCUT2D eigenvalue weighted by Gasteiger charge is -2.06. The van der Waals surface area contributed by atoms with E-state index >= 15 is 0 Å². The first kappa shape index (κ1) is 17.0. The van der Waals surface area contributed by atoms with Crippen molar-refractivity contribution in [2.24, 2.45) is 0 Å². The summed E-state index contributed by atoms with van der Waals surface area (Å²) in [6, 6.07) is 9.36. The average Bonchev–Trinajstić information content (AvgIpc) is 3.05. The van der Waals surface area contributed by atoms with Gasteiger partial charge in [-0.3, -0.25) is 10.1 Å². The summed E-state index contributed by atoms with van der Waals surface area (Å²) < 4.78 is 16.5. The van der Waals surface area contributed by atoms with E-state index in [1.807, 2.05) is 0 Å². The first-order chi connectivity index (χ1) is 12.0. The molecule has 2 aromatic rings. The van der Waals surface area contributed by atoms with E-state index in [0.29, 0.717) is 17.1 Å². The van der Waals surface area contributed by atoms with E-state index in [4.69, 9.17) is 14.2 Å². The van der Waals surface area contributed by atoms with Gasteiger partial charge in [0.25, 0.3) is 5.69 Å². The van der Waals surface area contributed by atoms with E-state index in [-0.39, 0.29) is 19.1 Å². The Morgan fingerprint density at radius 3 is 2.60 bits per heavy atom. The van der Waals surface area contributed by atoms with Crippen LogP contribution in [-0.4, -0.2) is 17.7 Å². The zero-order valence-corrected chi connectivity index (χ0v) is 14.4. The average molecular weight is 406 g/mol. The molecule has 1 heterocycles. The van der Waals surface area contributed by atoms with Crippen LogP contribution in [-0.2, 0) is 16.1 Å². The molecule has 3 rings (SSSR count). The van der Waals surface area contributed by atoms with Crippen LogP contribution in [0.4, 0.5) is 5.69 Å². The number of nitrogens with zero attached hydrogens (tertiary/aromatic N) is 1. The van der Waals surface area contributed by atoms with Crippen molar-refractivity contribution in [3.63, 3.8) is 0 Å². The van der Waals surface area contributed by atoms with E-state index in [9.17, 15) is 14.9 Å². The van der Waals surface area contributed by atoms with Crippen molar-refractivity contribution in [2.45, 2.75) is 6.61 Å². The molecule has 0 aromatic heterocycles. The van der Waals surface area contributed by atoms with Gasteiger partial charge in [0.05, 0.1) is 4.92 Å². The molecule has 0 radical (unpaired) electrons. The fourth-order valence-corrected chi connectivity index (χ4v) is 2.58. The third kappa shape index (κ3) is 4.16. The molecule has 0 bridgehead atoms. The normalized spacial score (nSPS) is 12.4. The molecular weight excluding hydrogens is 394 g/mol. The molecular formula is C17H12BrNO6. The van der Waals surface area contributed by atoms with Crippen LogP contribution >= 0.6 is 15.9 Å². The molecule has 0 atom stereocenters. The second-order valence-corrected chi connectivity index (χ2v) is 5.94. The minimum absolute atomic E-state index is 0.00705. The monoisotopic (exact) mass is 405 g/mol. The third-order valence-electron chi connectivity index (χ3n) is 3.43. The second-order valence-electron chi connectivity index (χ2n) is 5.09. The maximum Gasteiger partial charge on any atom is 0.331 e. The standard InChI is InChI=1S/C17H12BrNO6/c18-14-8-16-15(24-10-25-16)7-12(14)9-23-17(20)6-3-11-1-4-13(5-2-11)19(21)22/h1-8H,9-10H2/b6-3+. The minimum atomic E-state index is -0.525. The Bertz CT molecular complexity index is 847. The number of ether oxygens (including phenoxy) is 3. The lowest BCUT2D eigenvalue weighted by molar-refractivity contribution is -0.384. The van der Waals surface area contributed by atoms with Gasteiger partial charge in [-0.05, 0) is 35.9 Å². The van der Waals surface area contributed by atoms with Crippen molar-refractivity contribution in [1.82, 2.24) is 0 Å². The zero-order valence-electron chi connectivity index (χ0n) is 12.8. The molecule has 8 heteroatoms. The highest BCUT2D eigenvalue weighted by Crippen LogP contribution is 2.37. The first-order valence-corrected chi connectivity index (χ1v) is 7.99. The Balaban J connectivity index is 1.58. The molecule has 128 valence electrons. The largest absolute Gasteiger partial charge is 0.458 e. The van der Waals surface area contributed by atoms with Crippen LogP contribution in [0.5, 0.6) is 11.5 Å². The summed E-state index contributed by atoms with van der Waals surface area (Å²) in [5, 5.41) is 10.6. The van der Waals surface area contributed by atoms with Gasteiger partial charge >= 0.3 is 5.97 Å². The maximum absolute atomic E-state index is 11.8. The van der Waals surface area contributed by atoms with Gasteiger partial charge in [0.2, 0.25) is 6.79 Å². The number of halogens is 1. The van der Waals surface area contributed by atoms with Gasteiger partial charge in [-0.1, -0.05) is 15.9 Å². The van der Waals surface area contributed by atoms with Crippen molar-refractivity contribution in [1.29, 1.82) is 0 Å². The molecule has 0 spiro atoms. The SMILES string of the molecule is O=C(/C=C/c1ccc([N+](=O)[O-])cc1)OCc1cc2c(cc1Br)OCO2. The molecule has 0 aliphatic carbocycles. The first-order valence-electron chi connectivity index (χ1n) is 7.20. The number of carbonyl (C=O) groups is 1. The Morgan fingerprint density at radius 1 is 1.24 bits per heavy atom. The van der Waals surface area contributed by atoms with Crippen LogP contribution in [0.3, 0.4) is 0 Å². The topological polar surface area (TPSA) is 87.9 Å². The summed E-state index contributed by atoms with van der Waals surface area (Å²) >= 11 is 3.39. The van der Waals surface area contributed by atoms with Crippen LogP contribution in [0.25, 0.3) is 6.08 Å². The Morgan fingerprint density at radius 2 is 1.92 bits per heavy atom. The van der Waals surface area contributed by atoms with Crippen LogP contribution < -0.4 is 9.47 Å². The Labute approximate surface area is 151 Å². The van der Waals surface area contributed by atoms with Crippen molar-refractivity contribution in [2.75, 3.05) is 6.79 Å². The number of non-ortho nitro benzene ring substituents is 1. The quantitative estimate of drug-likeness (QED) is 0.325. The highest BCUT2D eigenvalue weighted by atomic mass is 79.9. The fraction of sp³-hybridized carbons (Fsp3) is 0.118. The lowest BCUT2D eigenvalue weighted by Crippen LogP contribution is -2.01. The van der Waals surface area contributed by atoms with Gasteiger partial charge in [0.1, 0.15) is 6.61 Å². The number of nitro groups is 1. The van der Waals surface area contributed by atoms with E-state index < -0.39 is 10.9 Å². The van der Waals surface area contributed by atoms with Gasteiger partial charge in [-0.2, -0.15) is 0 Å². The number of carbonyl (C=O) groups excluding carboxylic acids is 1. The Hall–Kier alpha value is -2.87. The van der Waals surface area contributed by atoms with Gasteiger partial charge in [-0.25, -0.2) is 4.79 Å². The smallest absolute Gasteiger partial charge is 0.331 e. The second kappa shape index (κ2) is 7.35. The van der Waals surface area contributed by atoms with E-state index in [2.05, 4.69) is 15.9 Å². The molecule has 1 aliphatic rings. The third-order valence-corrected chi connectivity index (χ3v) is 4.17. The molecule has 7 nitrogen and oxygen atoms in total. The number of hydrogen-bond acceptors (Lipinski definition) is 6. The summed E-state index contributed by atoms with van der Waals surface area (Å²) in [5.74, 6) is 0.721. The number of nitro benzene ring substituents is 1. The van der Waals surface area contributed by atoms with Crippen molar-refractivity contribution in [3.05, 3.63) is 68.2 Å². The predicted molar refractivity (Wildman–Crippen MR) is 92.2 cm³/mol. The molecule has 0 fully saturated rings. The maximum atomic E-state index is 11.8. The summed E-state index contributed by atoms with van der Waals surface area (Å²) in [6.45, 7) is 0.240. The predicted octanol–water partition coefficient (Wildman–Crippen LogP) is 3.84. The van der Waals surface area contributed by atoms with E-state index in [1.54, 1.807) is 24.3 Å². The van der Waals surface area contributed by atoms with Crippen LogP contribution in [0, 0.1) is 10.1 Å². The molecule has 0 saturated heterocycles. The highest BCUT2D eigenvalue weighted by molar-refractivity contribution is 9.10. The van der Waals surface area contributed by atoms with Crippen LogP contribution in [0.15, 0.2) is 46.9 Å². The number of benzene rings is 2. The summed E-state index contributed by atoms with van der Waals surface area (Å²) in [5.41, 5.74) is 1.40. The van der Waals surface area contributed by atoms with Crippen molar-refractivity contribution in [3.8, 4) is 11.5 Å². The zero-order chi connectivity index (χ0) is 17.8. The molecule has 0 saturated carbocycles. The van der Waals surface area contributed by atoms with Crippen LogP contribution in [0.1, 0.15) is 11.1 Å². The fourth-order valence-electron chi connectivity index (χ4n) is 2.14. The highest BCUT2D eigenvalue weighted by Gasteiger charge is 2.16. The van der Waals surface area contributed by atoms with Crippen LogP contribution in [0.2, 0.25) is 0 Å². The van der Waals surface area contributed by atoms with Gasteiger partial charge in [0.15, 0.2) is 11.5 Å². The molecule has 2 aromatic carbocycles. The van der Waals surface area contributed by atoms with Crippen molar-refractivity contribution < 1.29 is 23.9 Å². The number of hydrogen-bond donors (Lipinski definition) is 0. The van der Waals surface area contributed by atoms with E-state index in [0.717, 1.165) is 10.0 Å². The number of rotatable bonds is 5. The minimum Gasteiger partial charge on any atom is -0.458 e. The molecule has 25 heavy (non-hydrogen) atoms. The summed E-state index contributed by atoms with van der Waals surface area (Å²) in [7, 11) is 0. The van der Waals surface area contributed by atoms with Gasteiger partial charge in [0, 0.05) is 28.2 Å². The van der Waals surface area contributed by atoms with Gasteiger partial charge < -0.3 is 14.2 Å². The molecule has 0 N–H and O–H groups in total. The summed E-state index contributed by atoms with van der Waals surface area (Å²) in [6.07, 6.45) is 2.79. The summed E-state index contributed by atoms with van der Waals surface area (Å²) in [4.78, 5) is 21.9. The lowest BCUT2D eigenvalue weighted by atomic mass is 10.2. The molecule has 0 unspecified atom stereocenters. The van der Waals surface area contributed by atoms with Gasteiger partial charge in [-0.15, -0.1) is 0 Å². The molecule has 1 aliphatic heterocycles. The number of fused-ring (bicyclic) bond motifs is 1. The Kier molecular flexibility index (Phi) is 4.99. The van der Waals surface area contributed by atoms with E-state index in [1.165, 1.54) is 24.3 Å².